The molecule has 0 unspecified atom stereocenters. The van der Waals surface area contributed by atoms with Gasteiger partial charge in [-0.25, -0.2) is 0 Å². The zero-order chi connectivity index (χ0) is 17.1. The first-order valence-electron chi connectivity index (χ1n) is 8.07. The number of anilines is 1. The van der Waals surface area contributed by atoms with Crippen LogP contribution in [-0.2, 0) is 11.2 Å². The first kappa shape index (κ1) is 17.1. The minimum Gasteiger partial charge on any atom is -0.367 e. The van der Waals surface area contributed by atoms with E-state index < -0.39 is 0 Å². The molecule has 1 amide bonds. The number of aryl methyl sites for hydroxylation is 1. The molecule has 0 N–H and O–H groups in total. The second-order valence-corrected chi connectivity index (χ2v) is 6.89. The Morgan fingerprint density at radius 3 is 2.33 bits per heavy atom. The zero-order valence-electron chi connectivity index (χ0n) is 13.6. The summed E-state index contributed by atoms with van der Waals surface area (Å²) in [5, 5.41) is 1.14. The summed E-state index contributed by atoms with van der Waals surface area (Å²) in [6, 6.07) is 13.8. The molecule has 24 heavy (non-hydrogen) atoms. The molecule has 0 radical (unpaired) electrons. The summed E-state index contributed by atoms with van der Waals surface area (Å²) in [4.78, 5) is 16.6. The summed E-state index contributed by atoms with van der Waals surface area (Å²) in [5.74, 6) is 0.177. The number of halogens is 2. The Labute approximate surface area is 152 Å². The maximum absolute atomic E-state index is 12.5. The fraction of sp³-hybridized carbons (Fsp3) is 0.316. The van der Waals surface area contributed by atoms with Crippen molar-refractivity contribution in [2.24, 2.45) is 0 Å². The Morgan fingerprint density at radius 2 is 1.67 bits per heavy atom. The number of benzene rings is 2. The predicted octanol–water partition coefficient (Wildman–Crippen LogP) is 4.19. The molecule has 0 aromatic heterocycles. The van der Waals surface area contributed by atoms with E-state index in [1.165, 1.54) is 5.56 Å². The predicted molar refractivity (Wildman–Crippen MR) is 100 cm³/mol. The van der Waals surface area contributed by atoms with E-state index in [1.807, 2.05) is 48.2 Å². The molecule has 1 saturated heterocycles. The van der Waals surface area contributed by atoms with Gasteiger partial charge in [-0.15, -0.1) is 0 Å². The van der Waals surface area contributed by atoms with Crippen LogP contribution >= 0.6 is 23.2 Å². The monoisotopic (exact) mass is 362 g/mol. The molecule has 0 spiro atoms. The molecule has 0 atom stereocenters. The maximum Gasteiger partial charge on any atom is 0.227 e. The van der Waals surface area contributed by atoms with E-state index in [-0.39, 0.29) is 5.91 Å². The summed E-state index contributed by atoms with van der Waals surface area (Å²) >= 11 is 12.4. The van der Waals surface area contributed by atoms with Crippen LogP contribution in [0.25, 0.3) is 0 Å². The van der Waals surface area contributed by atoms with Gasteiger partial charge in [-0.1, -0.05) is 59.1 Å². The number of rotatable bonds is 3. The lowest BCUT2D eigenvalue weighted by molar-refractivity contribution is -0.130. The number of amides is 1. The lowest BCUT2D eigenvalue weighted by Gasteiger charge is -2.36. The third kappa shape index (κ3) is 3.85. The Morgan fingerprint density at radius 1 is 1.00 bits per heavy atom. The van der Waals surface area contributed by atoms with Gasteiger partial charge >= 0.3 is 0 Å². The van der Waals surface area contributed by atoms with E-state index >= 15 is 0 Å². The molecule has 3 rings (SSSR count). The van der Waals surface area contributed by atoms with Crippen molar-refractivity contribution in [1.29, 1.82) is 0 Å². The molecule has 3 nitrogen and oxygen atoms in total. The van der Waals surface area contributed by atoms with Crippen molar-refractivity contribution in [3.05, 3.63) is 63.6 Å². The van der Waals surface area contributed by atoms with Gasteiger partial charge < -0.3 is 9.80 Å². The standard InChI is InChI=1S/C19H20Cl2N2O/c1-14-5-7-15(8-6-14)13-18(24)23-11-9-22(10-12-23)17-4-2-3-16(20)19(17)21/h2-8H,9-13H2,1H3. The Hall–Kier alpha value is -1.71. The van der Waals surface area contributed by atoms with Crippen molar-refractivity contribution in [2.75, 3.05) is 31.1 Å². The van der Waals surface area contributed by atoms with E-state index in [0.717, 1.165) is 24.3 Å². The van der Waals surface area contributed by atoms with Crippen LogP contribution in [0.1, 0.15) is 11.1 Å². The summed E-state index contributed by atoms with van der Waals surface area (Å²) in [6.45, 7) is 4.98. The number of carbonyl (C=O) groups excluding carboxylic acids is 1. The van der Waals surface area contributed by atoms with Crippen LogP contribution in [0.15, 0.2) is 42.5 Å². The summed E-state index contributed by atoms with van der Waals surface area (Å²) in [6.07, 6.45) is 0.457. The highest BCUT2D eigenvalue weighted by atomic mass is 35.5. The van der Waals surface area contributed by atoms with E-state index in [4.69, 9.17) is 23.2 Å². The van der Waals surface area contributed by atoms with Crippen LogP contribution in [0.3, 0.4) is 0 Å². The molecule has 5 heteroatoms. The van der Waals surface area contributed by atoms with Crippen LogP contribution in [0.2, 0.25) is 10.0 Å². The van der Waals surface area contributed by atoms with Crippen molar-refractivity contribution in [3.8, 4) is 0 Å². The van der Waals surface area contributed by atoms with Gasteiger partial charge in [0.25, 0.3) is 0 Å². The number of nitrogens with zero attached hydrogens (tertiary/aromatic N) is 2. The molecular formula is C19H20Cl2N2O. The molecule has 1 heterocycles. The second kappa shape index (κ2) is 7.45. The fourth-order valence-corrected chi connectivity index (χ4v) is 3.34. The van der Waals surface area contributed by atoms with Gasteiger partial charge in [0.15, 0.2) is 0 Å². The number of hydrogen-bond acceptors (Lipinski definition) is 2. The minimum absolute atomic E-state index is 0.177. The number of piperazine rings is 1. The number of carbonyl (C=O) groups is 1. The third-order valence-corrected chi connectivity index (χ3v) is 5.19. The van der Waals surface area contributed by atoms with E-state index in [2.05, 4.69) is 4.90 Å². The first-order chi connectivity index (χ1) is 11.5. The molecule has 1 aliphatic heterocycles. The Bertz CT molecular complexity index is 723. The van der Waals surface area contributed by atoms with Crippen molar-refractivity contribution in [3.63, 3.8) is 0 Å². The SMILES string of the molecule is Cc1ccc(CC(=O)N2CCN(c3cccc(Cl)c3Cl)CC2)cc1. The maximum atomic E-state index is 12.5. The van der Waals surface area contributed by atoms with Gasteiger partial charge in [-0.2, -0.15) is 0 Å². The number of hydrogen-bond donors (Lipinski definition) is 0. The van der Waals surface area contributed by atoms with Gasteiger partial charge in [-0.3, -0.25) is 4.79 Å². The van der Waals surface area contributed by atoms with Crippen molar-refractivity contribution in [2.45, 2.75) is 13.3 Å². The molecule has 0 saturated carbocycles. The van der Waals surface area contributed by atoms with Gasteiger partial charge in [0, 0.05) is 26.2 Å². The molecule has 1 aliphatic rings. The lowest BCUT2D eigenvalue weighted by atomic mass is 10.1. The largest absolute Gasteiger partial charge is 0.367 e. The minimum atomic E-state index is 0.177. The van der Waals surface area contributed by atoms with E-state index in [9.17, 15) is 4.79 Å². The van der Waals surface area contributed by atoms with Crippen LogP contribution in [0.5, 0.6) is 0 Å². The highest BCUT2D eigenvalue weighted by Crippen LogP contribution is 2.32. The van der Waals surface area contributed by atoms with Gasteiger partial charge in [0.1, 0.15) is 0 Å². The molecule has 0 bridgehead atoms. The van der Waals surface area contributed by atoms with Crippen molar-refractivity contribution in [1.82, 2.24) is 4.90 Å². The lowest BCUT2D eigenvalue weighted by Crippen LogP contribution is -2.49. The van der Waals surface area contributed by atoms with Gasteiger partial charge in [0.05, 0.1) is 22.2 Å². The summed E-state index contributed by atoms with van der Waals surface area (Å²) < 4.78 is 0. The van der Waals surface area contributed by atoms with Crippen LogP contribution in [0, 0.1) is 6.92 Å². The second-order valence-electron chi connectivity index (χ2n) is 6.10. The van der Waals surface area contributed by atoms with Crippen LogP contribution < -0.4 is 4.90 Å². The quantitative estimate of drug-likeness (QED) is 0.816. The first-order valence-corrected chi connectivity index (χ1v) is 8.82. The fourth-order valence-electron chi connectivity index (χ4n) is 2.93. The Kier molecular flexibility index (Phi) is 5.32. The van der Waals surface area contributed by atoms with E-state index in [1.54, 1.807) is 6.07 Å². The topological polar surface area (TPSA) is 23.6 Å². The average molecular weight is 363 g/mol. The van der Waals surface area contributed by atoms with E-state index in [0.29, 0.717) is 29.6 Å². The van der Waals surface area contributed by atoms with Crippen molar-refractivity contribution < 1.29 is 4.79 Å². The van der Waals surface area contributed by atoms with Crippen LogP contribution in [0.4, 0.5) is 5.69 Å². The molecule has 2 aromatic rings. The normalized spacial score (nSPS) is 14.8. The average Bonchev–Trinajstić information content (AvgIpc) is 2.59. The molecule has 2 aromatic carbocycles. The summed E-state index contributed by atoms with van der Waals surface area (Å²) in [7, 11) is 0. The summed E-state index contributed by atoms with van der Waals surface area (Å²) in [5.41, 5.74) is 3.21. The Balaban J connectivity index is 1.59. The van der Waals surface area contributed by atoms with Crippen LogP contribution in [-0.4, -0.2) is 37.0 Å². The highest BCUT2D eigenvalue weighted by Gasteiger charge is 2.22. The molecular weight excluding hydrogens is 343 g/mol. The molecule has 1 fully saturated rings. The van der Waals surface area contributed by atoms with Gasteiger partial charge in [-0.05, 0) is 24.6 Å². The molecule has 126 valence electrons. The van der Waals surface area contributed by atoms with Crippen molar-refractivity contribution >= 4 is 34.8 Å². The zero-order valence-corrected chi connectivity index (χ0v) is 15.1. The van der Waals surface area contributed by atoms with Gasteiger partial charge in [0.2, 0.25) is 5.91 Å². The third-order valence-electron chi connectivity index (χ3n) is 4.38. The molecule has 0 aliphatic carbocycles. The smallest absolute Gasteiger partial charge is 0.227 e. The highest BCUT2D eigenvalue weighted by molar-refractivity contribution is 6.43.